The molecule has 0 bridgehead atoms. The third-order valence-electron chi connectivity index (χ3n) is 5.61. The lowest BCUT2D eigenvalue weighted by molar-refractivity contribution is -0.0384. The first kappa shape index (κ1) is 18.0. The Kier molecular flexibility index (Phi) is 7.00. The first-order valence-corrected chi connectivity index (χ1v) is 8.88. The van der Waals surface area contributed by atoms with Gasteiger partial charge in [-0.1, -0.05) is 41.5 Å². The average Bonchev–Trinajstić information content (AvgIpc) is 2.39. The van der Waals surface area contributed by atoms with E-state index in [0.29, 0.717) is 12.0 Å². The van der Waals surface area contributed by atoms with Gasteiger partial charge in [-0.15, -0.1) is 0 Å². The maximum atomic E-state index is 6.36. The zero-order valence-corrected chi connectivity index (χ0v) is 14.8. The normalized spacial score (nSPS) is 31.5. The van der Waals surface area contributed by atoms with Gasteiger partial charge in [-0.2, -0.15) is 0 Å². The summed E-state index contributed by atoms with van der Waals surface area (Å²) in [6.45, 7) is 16.2. The van der Waals surface area contributed by atoms with Gasteiger partial charge < -0.3 is 5.73 Å². The SMILES string of the molecule is CCC(CC)N(CC(C)C)C1(CN)CCC(C)CC1C. The highest BCUT2D eigenvalue weighted by atomic mass is 15.2. The summed E-state index contributed by atoms with van der Waals surface area (Å²) in [4.78, 5) is 2.81. The van der Waals surface area contributed by atoms with E-state index in [0.717, 1.165) is 18.4 Å². The van der Waals surface area contributed by atoms with Crippen molar-refractivity contribution in [3.05, 3.63) is 0 Å². The molecule has 1 saturated carbocycles. The fraction of sp³-hybridized carbons (Fsp3) is 1.00. The lowest BCUT2D eigenvalue weighted by Crippen LogP contribution is -2.63. The maximum Gasteiger partial charge on any atom is 0.0360 e. The number of hydrogen-bond acceptors (Lipinski definition) is 2. The van der Waals surface area contributed by atoms with Crippen molar-refractivity contribution in [2.24, 2.45) is 23.5 Å². The molecule has 3 unspecified atom stereocenters. The molecule has 0 amide bonds. The molecule has 0 aromatic heterocycles. The van der Waals surface area contributed by atoms with E-state index in [1.165, 1.54) is 38.6 Å². The van der Waals surface area contributed by atoms with Crippen molar-refractivity contribution in [3.8, 4) is 0 Å². The van der Waals surface area contributed by atoms with Gasteiger partial charge in [-0.25, -0.2) is 0 Å². The molecule has 1 aliphatic carbocycles. The van der Waals surface area contributed by atoms with Crippen LogP contribution in [0.1, 0.15) is 73.6 Å². The van der Waals surface area contributed by atoms with Gasteiger partial charge >= 0.3 is 0 Å². The summed E-state index contributed by atoms with van der Waals surface area (Å²) in [6.07, 6.45) is 6.46. The predicted octanol–water partition coefficient (Wildman–Crippen LogP) is 4.29. The number of nitrogens with zero attached hydrogens (tertiary/aromatic N) is 1. The molecule has 2 N–H and O–H groups in total. The van der Waals surface area contributed by atoms with Crippen LogP contribution < -0.4 is 5.73 Å². The molecule has 3 atom stereocenters. The molecule has 0 heterocycles. The smallest absolute Gasteiger partial charge is 0.0360 e. The van der Waals surface area contributed by atoms with E-state index in [-0.39, 0.29) is 5.54 Å². The van der Waals surface area contributed by atoms with E-state index in [2.05, 4.69) is 46.4 Å². The van der Waals surface area contributed by atoms with Gasteiger partial charge in [-0.05, 0) is 49.9 Å². The second kappa shape index (κ2) is 7.79. The van der Waals surface area contributed by atoms with Gasteiger partial charge in [-0.3, -0.25) is 4.90 Å². The monoisotopic (exact) mass is 282 g/mol. The Morgan fingerprint density at radius 1 is 1.20 bits per heavy atom. The Balaban J connectivity index is 3.05. The van der Waals surface area contributed by atoms with Crippen LogP contribution in [-0.4, -0.2) is 29.6 Å². The molecule has 0 saturated heterocycles. The predicted molar refractivity (Wildman–Crippen MR) is 89.9 cm³/mol. The van der Waals surface area contributed by atoms with Crippen molar-refractivity contribution in [1.29, 1.82) is 0 Å². The largest absolute Gasteiger partial charge is 0.329 e. The van der Waals surface area contributed by atoms with Crippen LogP contribution in [-0.2, 0) is 0 Å². The molecule has 0 aromatic carbocycles. The Morgan fingerprint density at radius 3 is 2.20 bits per heavy atom. The lowest BCUT2D eigenvalue weighted by atomic mass is 9.68. The zero-order valence-electron chi connectivity index (χ0n) is 14.8. The molecule has 0 aromatic rings. The van der Waals surface area contributed by atoms with E-state index >= 15 is 0 Å². The van der Waals surface area contributed by atoms with Crippen LogP contribution in [0.3, 0.4) is 0 Å². The number of nitrogens with two attached hydrogens (primary N) is 1. The fourth-order valence-corrected chi connectivity index (χ4v) is 4.35. The van der Waals surface area contributed by atoms with Crippen LogP contribution >= 0.6 is 0 Å². The lowest BCUT2D eigenvalue weighted by Gasteiger charge is -2.54. The van der Waals surface area contributed by atoms with Gasteiger partial charge in [0.15, 0.2) is 0 Å². The minimum absolute atomic E-state index is 0.244. The van der Waals surface area contributed by atoms with Gasteiger partial charge in [0.25, 0.3) is 0 Å². The molecule has 120 valence electrons. The fourth-order valence-electron chi connectivity index (χ4n) is 4.35. The molecular weight excluding hydrogens is 244 g/mol. The summed E-state index contributed by atoms with van der Waals surface area (Å²) in [6, 6.07) is 0.691. The van der Waals surface area contributed by atoms with Crippen molar-refractivity contribution >= 4 is 0 Å². The minimum Gasteiger partial charge on any atom is -0.329 e. The van der Waals surface area contributed by atoms with Crippen LogP contribution in [0.15, 0.2) is 0 Å². The summed E-state index contributed by atoms with van der Waals surface area (Å²) in [5, 5.41) is 0. The van der Waals surface area contributed by atoms with Crippen molar-refractivity contribution in [1.82, 2.24) is 4.90 Å². The van der Waals surface area contributed by atoms with Gasteiger partial charge in [0, 0.05) is 24.7 Å². The summed E-state index contributed by atoms with van der Waals surface area (Å²) in [5.74, 6) is 2.30. The first-order valence-electron chi connectivity index (χ1n) is 8.88. The van der Waals surface area contributed by atoms with Crippen LogP contribution in [0.4, 0.5) is 0 Å². The van der Waals surface area contributed by atoms with Crippen molar-refractivity contribution in [2.45, 2.75) is 85.2 Å². The van der Waals surface area contributed by atoms with E-state index in [4.69, 9.17) is 5.73 Å². The Hall–Kier alpha value is -0.0800. The van der Waals surface area contributed by atoms with Gasteiger partial charge in [0.2, 0.25) is 0 Å². The third kappa shape index (κ3) is 3.76. The van der Waals surface area contributed by atoms with E-state index < -0.39 is 0 Å². The highest BCUT2D eigenvalue weighted by Crippen LogP contribution is 2.42. The van der Waals surface area contributed by atoms with Crippen LogP contribution in [0.25, 0.3) is 0 Å². The maximum absolute atomic E-state index is 6.36. The van der Waals surface area contributed by atoms with Gasteiger partial charge in [0.1, 0.15) is 0 Å². The molecule has 2 heteroatoms. The minimum atomic E-state index is 0.244. The van der Waals surface area contributed by atoms with Crippen LogP contribution in [0, 0.1) is 17.8 Å². The second-order valence-electron chi connectivity index (χ2n) is 7.60. The van der Waals surface area contributed by atoms with Crippen LogP contribution in [0.5, 0.6) is 0 Å². The first-order chi connectivity index (χ1) is 9.41. The summed E-state index contributed by atoms with van der Waals surface area (Å²) in [7, 11) is 0. The van der Waals surface area contributed by atoms with E-state index in [1.54, 1.807) is 0 Å². The third-order valence-corrected chi connectivity index (χ3v) is 5.61. The standard InChI is InChI=1S/C18H38N2/c1-7-17(8-2)20(12-14(3)4)18(13-19)10-9-15(5)11-16(18)6/h14-17H,7-13,19H2,1-6H3. The highest BCUT2D eigenvalue weighted by molar-refractivity contribution is 5.01. The summed E-state index contributed by atoms with van der Waals surface area (Å²) >= 11 is 0. The quantitative estimate of drug-likeness (QED) is 0.755. The van der Waals surface area contributed by atoms with Crippen molar-refractivity contribution < 1.29 is 0 Å². The van der Waals surface area contributed by atoms with E-state index in [1.807, 2.05) is 0 Å². The number of hydrogen-bond donors (Lipinski definition) is 1. The van der Waals surface area contributed by atoms with Crippen molar-refractivity contribution in [2.75, 3.05) is 13.1 Å². The Morgan fingerprint density at radius 2 is 1.80 bits per heavy atom. The summed E-state index contributed by atoms with van der Waals surface area (Å²) in [5.41, 5.74) is 6.60. The second-order valence-corrected chi connectivity index (χ2v) is 7.60. The molecule has 1 fully saturated rings. The molecule has 0 aliphatic heterocycles. The topological polar surface area (TPSA) is 29.3 Å². The molecule has 1 rings (SSSR count). The van der Waals surface area contributed by atoms with Crippen molar-refractivity contribution in [3.63, 3.8) is 0 Å². The molecule has 0 spiro atoms. The number of rotatable bonds is 7. The Labute approximate surface area is 127 Å². The molecule has 0 radical (unpaired) electrons. The highest BCUT2D eigenvalue weighted by Gasteiger charge is 2.45. The average molecular weight is 283 g/mol. The molecular formula is C18H38N2. The molecule has 1 aliphatic rings. The van der Waals surface area contributed by atoms with Crippen LogP contribution in [0.2, 0.25) is 0 Å². The van der Waals surface area contributed by atoms with E-state index in [9.17, 15) is 0 Å². The molecule has 20 heavy (non-hydrogen) atoms. The summed E-state index contributed by atoms with van der Waals surface area (Å²) < 4.78 is 0. The van der Waals surface area contributed by atoms with Gasteiger partial charge in [0.05, 0.1) is 0 Å². The Bertz CT molecular complexity index is 273. The molecule has 2 nitrogen and oxygen atoms in total. The zero-order chi connectivity index (χ0) is 15.3.